The third-order valence-corrected chi connectivity index (χ3v) is 1.78. The number of aromatic amines is 1. The number of anilines is 1. The zero-order valence-corrected chi connectivity index (χ0v) is 10.1. The minimum absolute atomic E-state index is 0.0516. The Hall–Kier alpha value is -2.05. The summed E-state index contributed by atoms with van der Waals surface area (Å²) in [5, 5.41) is 17.4. The van der Waals surface area contributed by atoms with E-state index in [-0.39, 0.29) is 11.4 Å². The number of hydrogen-bond acceptors (Lipinski definition) is 4. The molecule has 0 bridgehead atoms. The van der Waals surface area contributed by atoms with Crippen LogP contribution in [0.25, 0.3) is 0 Å². The number of aryl methyl sites for hydroxylation is 1. The van der Waals surface area contributed by atoms with Crippen molar-refractivity contribution in [1.29, 1.82) is 0 Å². The molecule has 7 nitrogen and oxygen atoms in total. The second kappa shape index (κ2) is 4.44. The lowest BCUT2D eigenvalue weighted by Crippen LogP contribution is -2.27. The minimum atomic E-state index is -1.16. The number of nitrogens with zero attached hydrogens (tertiary/aromatic N) is 1. The number of amides is 1. The fourth-order valence-corrected chi connectivity index (χ4v) is 1.18. The quantitative estimate of drug-likeness (QED) is 0.731. The van der Waals surface area contributed by atoms with Gasteiger partial charge >= 0.3 is 12.1 Å². The maximum absolute atomic E-state index is 11.4. The Balaban J connectivity index is 2.83. The summed E-state index contributed by atoms with van der Waals surface area (Å²) >= 11 is 0. The van der Waals surface area contributed by atoms with Crippen molar-refractivity contribution < 1.29 is 19.4 Å². The number of nitrogens with one attached hydrogen (secondary N) is 2. The molecule has 1 amide bonds. The SMILES string of the molecule is Cc1[nH]nc(NC(=O)OC(C)(C)C)c1C(=O)O. The molecule has 17 heavy (non-hydrogen) atoms. The molecule has 0 atom stereocenters. The molecule has 0 saturated heterocycles. The van der Waals surface area contributed by atoms with Gasteiger partial charge in [-0.2, -0.15) is 5.10 Å². The summed E-state index contributed by atoms with van der Waals surface area (Å²) in [7, 11) is 0. The molecule has 1 aromatic rings. The predicted molar refractivity (Wildman–Crippen MR) is 60.1 cm³/mol. The molecule has 0 aromatic carbocycles. The van der Waals surface area contributed by atoms with Crippen molar-refractivity contribution in [2.45, 2.75) is 33.3 Å². The molecule has 0 radical (unpaired) electrons. The maximum Gasteiger partial charge on any atom is 0.413 e. The van der Waals surface area contributed by atoms with E-state index in [1.54, 1.807) is 27.7 Å². The lowest BCUT2D eigenvalue weighted by Gasteiger charge is -2.19. The van der Waals surface area contributed by atoms with Crippen LogP contribution in [0.3, 0.4) is 0 Å². The fourth-order valence-electron chi connectivity index (χ4n) is 1.18. The third-order valence-electron chi connectivity index (χ3n) is 1.78. The molecule has 0 spiro atoms. The highest BCUT2D eigenvalue weighted by Crippen LogP contribution is 2.17. The molecular weight excluding hydrogens is 226 g/mol. The molecule has 0 aliphatic rings. The standard InChI is InChI=1S/C10H15N3O4/c1-5-6(8(14)15)7(13-12-5)11-9(16)17-10(2,3)4/h1-4H3,(H,14,15)(H2,11,12,13,16). The highest BCUT2D eigenvalue weighted by atomic mass is 16.6. The Morgan fingerprint density at radius 3 is 2.47 bits per heavy atom. The van der Waals surface area contributed by atoms with Gasteiger partial charge in [0.05, 0.1) is 0 Å². The van der Waals surface area contributed by atoms with Crippen LogP contribution in [0.1, 0.15) is 36.8 Å². The van der Waals surface area contributed by atoms with Crippen LogP contribution in [0.15, 0.2) is 0 Å². The number of rotatable bonds is 2. The second-order valence-corrected chi connectivity index (χ2v) is 4.50. The molecule has 0 fully saturated rings. The smallest absolute Gasteiger partial charge is 0.413 e. The molecule has 0 saturated carbocycles. The lowest BCUT2D eigenvalue weighted by atomic mass is 10.2. The van der Waals surface area contributed by atoms with E-state index in [4.69, 9.17) is 9.84 Å². The van der Waals surface area contributed by atoms with Crippen LogP contribution in [0.5, 0.6) is 0 Å². The van der Waals surface area contributed by atoms with E-state index < -0.39 is 17.7 Å². The van der Waals surface area contributed by atoms with Crippen LogP contribution in [0.2, 0.25) is 0 Å². The zero-order valence-electron chi connectivity index (χ0n) is 10.1. The summed E-state index contributed by atoms with van der Waals surface area (Å²) < 4.78 is 4.99. The second-order valence-electron chi connectivity index (χ2n) is 4.50. The number of carbonyl (C=O) groups is 2. The van der Waals surface area contributed by atoms with Crippen LogP contribution < -0.4 is 5.32 Å². The van der Waals surface area contributed by atoms with Crippen LogP contribution in [-0.2, 0) is 4.74 Å². The number of ether oxygens (including phenoxy) is 1. The Bertz CT molecular complexity index is 445. The molecule has 0 aliphatic heterocycles. The number of aromatic nitrogens is 2. The Kier molecular flexibility index (Phi) is 3.40. The van der Waals surface area contributed by atoms with Crippen molar-refractivity contribution >= 4 is 17.9 Å². The first-order valence-electron chi connectivity index (χ1n) is 4.99. The largest absolute Gasteiger partial charge is 0.477 e. The summed E-state index contributed by atoms with van der Waals surface area (Å²) in [5.41, 5.74) is -0.363. The van der Waals surface area contributed by atoms with Gasteiger partial charge < -0.3 is 9.84 Å². The van der Waals surface area contributed by atoms with Crippen LogP contribution in [0.4, 0.5) is 10.6 Å². The van der Waals surface area contributed by atoms with E-state index in [0.29, 0.717) is 5.69 Å². The average Bonchev–Trinajstić information content (AvgIpc) is 2.42. The average molecular weight is 241 g/mol. The van der Waals surface area contributed by atoms with Gasteiger partial charge in [0.1, 0.15) is 11.2 Å². The molecule has 3 N–H and O–H groups in total. The van der Waals surface area contributed by atoms with Gasteiger partial charge in [-0.3, -0.25) is 10.4 Å². The summed E-state index contributed by atoms with van der Waals surface area (Å²) in [6.45, 7) is 6.68. The minimum Gasteiger partial charge on any atom is -0.477 e. The molecule has 7 heteroatoms. The first kappa shape index (κ1) is 13.0. The highest BCUT2D eigenvalue weighted by molar-refractivity contribution is 5.98. The monoisotopic (exact) mass is 241 g/mol. The van der Waals surface area contributed by atoms with Crippen molar-refractivity contribution in [3.05, 3.63) is 11.3 Å². The van der Waals surface area contributed by atoms with Crippen molar-refractivity contribution in [3.8, 4) is 0 Å². The molecule has 1 aromatic heterocycles. The summed E-state index contributed by atoms with van der Waals surface area (Å²) in [4.78, 5) is 22.4. The highest BCUT2D eigenvalue weighted by Gasteiger charge is 2.22. The van der Waals surface area contributed by atoms with Crippen molar-refractivity contribution in [2.24, 2.45) is 0 Å². The van der Waals surface area contributed by atoms with Crippen LogP contribution >= 0.6 is 0 Å². The Morgan fingerprint density at radius 2 is 2.00 bits per heavy atom. The van der Waals surface area contributed by atoms with Gasteiger partial charge in [0, 0.05) is 5.69 Å². The lowest BCUT2D eigenvalue weighted by molar-refractivity contribution is 0.0635. The van der Waals surface area contributed by atoms with E-state index in [1.807, 2.05) is 0 Å². The fraction of sp³-hybridized carbons (Fsp3) is 0.500. The molecule has 94 valence electrons. The molecule has 0 unspecified atom stereocenters. The van der Waals surface area contributed by atoms with Gasteiger partial charge in [0.2, 0.25) is 0 Å². The molecule has 0 aliphatic carbocycles. The Morgan fingerprint density at radius 1 is 1.41 bits per heavy atom. The van der Waals surface area contributed by atoms with E-state index in [1.165, 1.54) is 0 Å². The number of H-pyrrole nitrogens is 1. The van der Waals surface area contributed by atoms with E-state index in [2.05, 4.69) is 15.5 Å². The summed E-state index contributed by atoms with van der Waals surface area (Å²) in [6, 6.07) is 0. The van der Waals surface area contributed by atoms with Crippen molar-refractivity contribution in [3.63, 3.8) is 0 Å². The van der Waals surface area contributed by atoms with Gasteiger partial charge in [-0.25, -0.2) is 9.59 Å². The number of aromatic carboxylic acids is 1. The summed E-state index contributed by atoms with van der Waals surface area (Å²) in [6.07, 6.45) is -0.744. The number of carboxylic acid groups (broad SMARTS) is 1. The van der Waals surface area contributed by atoms with E-state index >= 15 is 0 Å². The summed E-state index contributed by atoms with van der Waals surface area (Å²) in [5.74, 6) is -1.22. The zero-order chi connectivity index (χ0) is 13.2. The van der Waals surface area contributed by atoms with Gasteiger partial charge in [-0.1, -0.05) is 0 Å². The van der Waals surface area contributed by atoms with Gasteiger partial charge in [0.15, 0.2) is 5.82 Å². The third kappa shape index (κ3) is 3.47. The van der Waals surface area contributed by atoms with Crippen molar-refractivity contribution in [2.75, 3.05) is 5.32 Å². The molecule has 1 rings (SSSR count). The van der Waals surface area contributed by atoms with Crippen molar-refractivity contribution in [1.82, 2.24) is 10.2 Å². The number of carboxylic acids is 1. The normalized spacial score (nSPS) is 11.1. The predicted octanol–water partition coefficient (Wildman–Crippen LogP) is 1.76. The first-order valence-corrected chi connectivity index (χ1v) is 4.99. The van der Waals surface area contributed by atoms with Gasteiger partial charge in [-0.05, 0) is 27.7 Å². The Labute approximate surface area is 98.2 Å². The topological polar surface area (TPSA) is 104 Å². The molecule has 1 heterocycles. The van der Waals surface area contributed by atoms with Gasteiger partial charge in [-0.15, -0.1) is 0 Å². The van der Waals surface area contributed by atoms with Crippen LogP contribution in [0, 0.1) is 6.92 Å². The number of carbonyl (C=O) groups excluding carboxylic acids is 1. The van der Waals surface area contributed by atoms with Crippen LogP contribution in [-0.4, -0.2) is 33.0 Å². The first-order chi connectivity index (χ1) is 7.70. The van der Waals surface area contributed by atoms with E-state index in [9.17, 15) is 9.59 Å². The number of hydrogen-bond donors (Lipinski definition) is 3. The maximum atomic E-state index is 11.4. The van der Waals surface area contributed by atoms with Gasteiger partial charge in [0.25, 0.3) is 0 Å². The van der Waals surface area contributed by atoms with E-state index in [0.717, 1.165) is 0 Å². The molecular formula is C10H15N3O4.